The van der Waals surface area contributed by atoms with Crippen LogP contribution >= 0.6 is 0 Å². The van der Waals surface area contributed by atoms with E-state index in [4.69, 9.17) is 4.74 Å². The van der Waals surface area contributed by atoms with Crippen LogP contribution < -0.4 is 0 Å². The van der Waals surface area contributed by atoms with Crippen LogP contribution in [0.4, 0.5) is 0 Å². The van der Waals surface area contributed by atoms with Crippen LogP contribution in [0.5, 0.6) is 0 Å². The highest BCUT2D eigenvalue weighted by Crippen LogP contribution is 2.65. The summed E-state index contributed by atoms with van der Waals surface area (Å²) >= 11 is 0. The van der Waals surface area contributed by atoms with Gasteiger partial charge in [0.15, 0.2) is 5.78 Å². The van der Waals surface area contributed by atoms with Crippen molar-refractivity contribution in [2.75, 3.05) is 0 Å². The van der Waals surface area contributed by atoms with Gasteiger partial charge >= 0.3 is 5.97 Å². The number of hydrogen-bond donors (Lipinski definition) is 0. The highest BCUT2D eigenvalue weighted by molar-refractivity contribution is 5.93. The zero-order chi connectivity index (χ0) is 20.9. The Bertz CT molecular complexity index is 903. The molecule has 158 valence electrons. The van der Waals surface area contributed by atoms with Crippen molar-refractivity contribution in [1.29, 1.82) is 0 Å². The molecule has 0 saturated heterocycles. The second kappa shape index (κ2) is 7.18. The zero-order valence-corrected chi connectivity index (χ0v) is 17.6. The average molecular weight is 407 g/mol. The van der Waals surface area contributed by atoms with Crippen molar-refractivity contribution >= 4 is 18.0 Å². The van der Waals surface area contributed by atoms with Gasteiger partial charge in [-0.15, -0.1) is 0 Å². The number of carbonyl (C=O) groups is 3. The first-order chi connectivity index (χ1) is 14.5. The predicted octanol–water partition coefficient (Wildman–Crippen LogP) is 4.92. The fraction of sp³-hybridized carbons (Fsp3) is 0.577. The van der Waals surface area contributed by atoms with Gasteiger partial charge in [0.25, 0.3) is 0 Å². The van der Waals surface area contributed by atoms with E-state index in [1.807, 2.05) is 18.2 Å². The summed E-state index contributed by atoms with van der Waals surface area (Å²) in [6, 6.07) is 9.24. The fourth-order valence-corrected chi connectivity index (χ4v) is 7.41. The summed E-state index contributed by atoms with van der Waals surface area (Å²) in [6.07, 6.45) is 9.86. The number of ketones is 1. The quantitative estimate of drug-likeness (QED) is 0.528. The summed E-state index contributed by atoms with van der Waals surface area (Å²) in [5.74, 6) is 1.22. The molecule has 0 N–H and O–H groups in total. The molecule has 0 amide bonds. The third kappa shape index (κ3) is 2.83. The molecule has 0 aromatic heterocycles. The molecule has 4 heteroatoms. The summed E-state index contributed by atoms with van der Waals surface area (Å²) < 4.78 is 6.06. The highest BCUT2D eigenvalue weighted by Gasteiger charge is 2.61. The summed E-state index contributed by atoms with van der Waals surface area (Å²) in [7, 11) is 0. The number of ether oxygens (including phenoxy) is 1. The first-order valence-corrected chi connectivity index (χ1v) is 11.4. The van der Waals surface area contributed by atoms with E-state index in [2.05, 4.69) is 6.92 Å². The third-order valence-corrected chi connectivity index (χ3v) is 8.95. The van der Waals surface area contributed by atoms with E-state index in [1.165, 1.54) is 6.29 Å². The summed E-state index contributed by atoms with van der Waals surface area (Å²) in [6.45, 7) is 2.30. The molecule has 4 aliphatic carbocycles. The minimum Gasteiger partial charge on any atom is -0.458 e. The molecular weight excluding hydrogens is 376 g/mol. The van der Waals surface area contributed by atoms with Gasteiger partial charge < -0.3 is 9.53 Å². The van der Waals surface area contributed by atoms with E-state index < -0.39 is 5.41 Å². The molecule has 3 saturated carbocycles. The van der Waals surface area contributed by atoms with Crippen molar-refractivity contribution in [3.8, 4) is 0 Å². The van der Waals surface area contributed by atoms with E-state index in [9.17, 15) is 14.4 Å². The number of rotatable bonds is 3. The van der Waals surface area contributed by atoms with E-state index in [0.29, 0.717) is 36.2 Å². The lowest BCUT2D eigenvalue weighted by molar-refractivity contribution is -0.130. The Kier molecular flexibility index (Phi) is 4.72. The fourth-order valence-electron chi connectivity index (χ4n) is 7.41. The SMILES string of the molecule is C[C@]12CC[C@@H]3[C@@H](CCC4=CC(=O)CC[C@@]43C=O)[C@@H]1CCC2OC(=O)c1ccccc1. The average Bonchev–Trinajstić information content (AvgIpc) is 3.10. The molecule has 1 aromatic carbocycles. The Balaban J connectivity index is 1.39. The van der Waals surface area contributed by atoms with Crippen molar-refractivity contribution in [3.05, 3.63) is 47.5 Å². The maximum atomic E-state index is 12.7. The summed E-state index contributed by atoms with van der Waals surface area (Å²) in [5, 5.41) is 0. The molecule has 4 aliphatic rings. The molecule has 1 aromatic rings. The zero-order valence-electron chi connectivity index (χ0n) is 17.6. The molecule has 0 radical (unpaired) electrons. The monoisotopic (exact) mass is 406 g/mol. The Morgan fingerprint density at radius 1 is 1.03 bits per heavy atom. The van der Waals surface area contributed by atoms with Crippen LogP contribution in [0.2, 0.25) is 0 Å². The maximum Gasteiger partial charge on any atom is 0.338 e. The normalized spacial score (nSPS) is 39.9. The van der Waals surface area contributed by atoms with Gasteiger partial charge in [-0.1, -0.05) is 30.7 Å². The second-order valence-electron chi connectivity index (χ2n) is 10.1. The Hall–Kier alpha value is -2.23. The van der Waals surface area contributed by atoms with E-state index in [1.54, 1.807) is 18.2 Å². The minimum absolute atomic E-state index is 0.0264. The van der Waals surface area contributed by atoms with Crippen LogP contribution in [-0.2, 0) is 14.3 Å². The minimum atomic E-state index is -0.434. The number of hydrogen-bond acceptors (Lipinski definition) is 4. The number of allylic oxidation sites excluding steroid dienone is 1. The molecular formula is C26H30O4. The number of esters is 1. The Morgan fingerprint density at radius 2 is 1.83 bits per heavy atom. The van der Waals surface area contributed by atoms with Gasteiger partial charge in [0.2, 0.25) is 0 Å². The number of carbonyl (C=O) groups excluding carboxylic acids is 3. The van der Waals surface area contributed by atoms with Gasteiger partial charge in [-0.2, -0.15) is 0 Å². The van der Waals surface area contributed by atoms with Gasteiger partial charge in [-0.3, -0.25) is 4.79 Å². The highest BCUT2D eigenvalue weighted by atomic mass is 16.5. The molecule has 0 bridgehead atoms. The first-order valence-electron chi connectivity index (χ1n) is 11.4. The predicted molar refractivity (Wildman–Crippen MR) is 113 cm³/mol. The van der Waals surface area contributed by atoms with Crippen molar-refractivity contribution in [2.24, 2.45) is 28.6 Å². The van der Waals surface area contributed by atoms with E-state index >= 15 is 0 Å². The lowest BCUT2D eigenvalue weighted by Crippen LogP contribution is -2.53. The molecule has 0 heterocycles. The summed E-state index contributed by atoms with van der Waals surface area (Å²) in [4.78, 5) is 37.1. The van der Waals surface area contributed by atoms with Crippen LogP contribution in [-0.4, -0.2) is 24.1 Å². The van der Waals surface area contributed by atoms with Gasteiger partial charge in [0, 0.05) is 11.8 Å². The van der Waals surface area contributed by atoms with Gasteiger partial charge in [-0.05, 0) is 80.9 Å². The smallest absolute Gasteiger partial charge is 0.338 e. The molecule has 0 spiro atoms. The van der Waals surface area contributed by atoms with Crippen molar-refractivity contribution in [2.45, 2.75) is 64.4 Å². The molecule has 6 atom stereocenters. The lowest BCUT2D eigenvalue weighted by atomic mass is 9.47. The van der Waals surface area contributed by atoms with E-state index in [0.717, 1.165) is 44.1 Å². The van der Waals surface area contributed by atoms with Crippen LogP contribution in [0.3, 0.4) is 0 Å². The second-order valence-corrected chi connectivity index (χ2v) is 10.1. The van der Waals surface area contributed by atoms with Gasteiger partial charge in [0.1, 0.15) is 12.4 Å². The largest absolute Gasteiger partial charge is 0.458 e. The number of aldehydes is 1. The van der Waals surface area contributed by atoms with Crippen LogP contribution in [0, 0.1) is 28.6 Å². The molecule has 3 fully saturated rings. The topological polar surface area (TPSA) is 60.4 Å². The molecule has 30 heavy (non-hydrogen) atoms. The molecule has 1 unspecified atom stereocenters. The molecule has 5 rings (SSSR count). The Morgan fingerprint density at radius 3 is 2.60 bits per heavy atom. The Labute approximate surface area is 178 Å². The first kappa shape index (κ1) is 19.7. The van der Waals surface area contributed by atoms with Crippen LogP contribution in [0.1, 0.15) is 68.6 Å². The third-order valence-electron chi connectivity index (χ3n) is 8.95. The van der Waals surface area contributed by atoms with Crippen molar-refractivity contribution in [3.63, 3.8) is 0 Å². The van der Waals surface area contributed by atoms with Gasteiger partial charge in [-0.25, -0.2) is 4.79 Å². The lowest BCUT2D eigenvalue weighted by Gasteiger charge is -2.56. The number of fused-ring (bicyclic) bond motifs is 5. The molecule has 4 nitrogen and oxygen atoms in total. The van der Waals surface area contributed by atoms with Crippen molar-refractivity contribution in [1.82, 2.24) is 0 Å². The maximum absolute atomic E-state index is 12.7. The van der Waals surface area contributed by atoms with E-state index in [-0.39, 0.29) is 23.3 Å². The summed E-state index contributed by atoms with van der Waals surface area (Å²) in [5.41, 5.74) is 1.24. The van der Waals surface area contributed by atoms with Gasteiger partial charge in [0.05, 0.1) is 11.0 Å². The van der Waals surface area contributed by atoms with Crippen LogP contribution in [0.15, 0.2) is 42.0 Å². The molecule has 0 aliphatic heterocycles. The van der Waals surface area contributed by atoms with Crippen LogP contribution in [0.25, 0.3) is 0 Å². The van der Waals surface area contributed by atoms with Crippen molar-refractivity contribution < 1.29 is 19.1 Å². The number of benzene rings is 1. The standard InChI is InChI=1S/C26H30O4/c1-25-13-12-22-20(8-7-18-15-19(28)11-14-26(18,22)16-27)21(25)9-10-23(25)30-24(29)17-5-3-2-4-6-17/h2-6,15-16,20-23H,7-14H2,1H3/t20-,21-,22+,23?,25-,26+/m0/s1.